The van der Waals surface area contributed by atoms with E-state index in [1.54, 1.807) is 7.11 Å². The van der Waals surface area contributed by atoms with Crippen molar-refractivity contribution in [2.75, 3.05) is 13.7 Å². The van der Waals surface area contributed by atoms with Crippen molar-refractivity contribution in [3.63, 3.8) is 0 Å². The van der Waals surface area contributed by atoms with Gasteiger partial charge in [-0.15, -0.1) is 0 Å². The van der Waals surface area contributed by atoms with Gasteiger partial charge in [-0.1, -0.05) is 31.5 Å². The van der Waals surface area contributed by atoms with E-state index < -0.39 is 0 Å². The van der Waals surface area contributed by atoms with Crippen molar-refractivity contribution in [1.82, 2.24) is 5.32 Å². The Bertz CT molecular complexity index is 349. The van der Waals surface area contributed by atoms with E-state index in [1.807, 2.05) is 0 Å². The molecule has 0 radical (unpaired) electrons. The summed E-state index contributed by atoms with van der Waals surface area (Å²) >= 11 is 0. The maximum atomic E-state index is 5.44. The first-order valence-corrected chi connectivity index (χ1v) is 6.46. The Hall–Kier alpha value is -1.02. The average molecular weight is 235 g/mol. The molecule has 0 aliphatic carbocycles. The fourth-order valence-corrected chi connectivity index (χ4v) is 2.33. The molecule has 0 aromatic heterocycles. The van der Waals surface area contributed by atoms with Crippen LogP contribution in [0.1, 0.15) is 44.2 Å². The van der Waals surface area contributed by atoms with Crippen molar-refractivity contribution >= 4 is 0 Å². The van der Waals surface area contributed by atoms with Gasteiger partial charge in [0.25, 0.3) is 0 Å². The van der Waals surface area contributed by atoms with E-state index in [2.05, 4.69) is 51.2 Å². The van der Waals surface area contributed by atoms with Crippen molar-refractivity contribution in [2.45, 2.75) is 46.1 Å². The Labute approximate surface area is 105 Å². The summed E-state index contributed by atoms with van der Waals surface area (Å²) in [7, 11) is 1.74. The zero-order chi connectivity index (χ0) is 12.8. The molecule has 2 atom stereocenters. The average Bonchev–Trinajstić information content (AvgIpc) is 2.29. The van der Waals surface area contributed by atoms with E-state index in [0.717, 1.165) is 18.7 Å². The number of methoxy groups -OCH3 is 1. The van der Waals surface area contributed by atoms with Gasteiger partial charge in [0, 0.05) is 6.04 Å². The molecule has 17 heavy (non-hydrogen) atoms. The molecular weight excluding hydrogens is 210 g/mol. The van der Waals surface area contributed by atoms with Crippen molar-refractivity contribution in [2.24, 2.45) is 0 Å². The Morgan fingerprint density at radius 1 is 1.29 bits per heavy atom. The van der Waals surface area contributed by atoms with Crippen LogP contribution < -0.4 is 10.1 Å². The molecule has 0 aliphatic rings. The van der Waals surface area contributed by atoms with E-state index in [4.69, 9.17) is 4.74 Å². The molecule has 0 aliphatic heterocycles. The summed E-state index contributed by atoms with van der Waals surface area (Å²) in [5.74, 6) is 1.52. The van der Waals surface area contributed by atoms with Gasteiger partial charge in [0.2, 0.25) is 0 Å². The molecule has 2 heteroatoms. The monoisotopic (exact) mass is 235 g/mol. The van der Waals surface area contributed by atoms with Crippen LogP contribution in [0.5, 0.6) is 5.75 Å². The van der Waals surface area contributed by atoms with Crippen LogP contribution in [0.15, 0.2) is 18.2 Å². The van der Waals surface area contributed by atoms with Gasteiger partial charge in [-0.3, -0.25) is 0 Å². The zero-order valence-electron chi connectivity index (χ0n) is 11.7. The highest BCUT2D eigenvalue weighted by atomic mass is 16.5. The zero-order valence-corrected chi connectivity index (χ0v) is 11.7. The lowest BCUT2D eigenvalue weighted by Crippen LogP contribution is -2.27. The highest BCUT2D eigenvalue weighted by Gasteiger charge is 2.14. The molecule has 96 valence electrons. The van der Waals surface area contributed by atoms with Crippen molar-refractivity contribution in [3.8, 4) is 5.75 Å². The number of hydrogen-bond donors (Lipinski definition) is 1. The number of nitrogens with one attached hydrogen (secondary N) is 1. The first-order valence-electron chi connectivity index (χ1n) is 6.46. The van der Waals surface area contributed by atoms with Crippen LogP contribution in [0.25, 0.3) is 0 Å². The highest BCUT2D eigenvalue weighted by Crippen LogP contribution is 2.30. The van der Waals surface area contributed by atoms with Crippen LogP contribution in [-0.2, 0) is 0 Å². The third-order valence-corrected chi connectivity index (χ3v) is 3.18. The Kier molecular flexibility index (Phi) is 5.49. The number of ether oxygens (including phenoxy) is 1. The van der Waals surface area contributed by atoms with Gasteiger partial charge in [-0.25, -0.2) is 0 Å². The molecule has 0 fully saturated rings. The van der Waals surface area contributed by atoms with Crippen LogP contribution in [0.2, 0.25) is 0 Å². The summed E-state index contributed by atoms with van der Waals surface area (Å²) in [5, 5.41) is 3.46. The lowest BCUT2D eigenvalue weighted by Gasteiger charge is -2.20. The summed E-state index contributed by atoms with van der Waals surface area (Å²) in [6.45, 7) is 9.81. The molecule has 0 heterocycles. The lowest BCUT2D eigenvalue weighted by molar-refractivity contribution is 0.400. The van der Waals surface area contributed by atoms with E-state index in [1.165, 1.54) is 11.1 Å². The first kappa shape index (κ1) is 14.0. The van der Waals surface area contributed by atoms with E-state index in [0.29, 0.717) is 12.0 Å². The maximum absolute atomic E-state index is 5.44. The van der Waals surface area contributed by atoms with Crippen molar-refractivity contribution in [1.29, 1.82) is 0 Å². The largest absolute Gasteiger partial charge is 0.496 e. The van der Waals surface area contributed by atoms with Gasteiger partial charge >= 0.3 is 0 Å². The van der Waals surface area contributed by atoms with Crippen molar-refractivity contribution < 1.29 is 4.74 Å². The molecule has 2 nitrogen and oxygen atoms in total. The van der Waals surface area contributed by atoms with Gasteiger partial charge in [-0.05, 0) is 44.4 Å². The van der Waals surface area contributed by atoms with E-state index in [9.17, 15) is 0 Å². The second-order valence-electron chi connectivity index (χ2n) is 4.84. The van der Waals surface area contributed by atoms with E-state index in [-0.39, 0.29) is 0 Å². The summed E-state index contributed by atoms with van der Waals surface area (Å²) < 4.78 is 5.44. The second-order valence-corrected chi connectivity index (χ2v) is 4.84. The number of aryl methyl sites for hydroxylation is 1. The molecule has 1 aromatic carbocycles. The second kappa shape index (κ2) is 6.65. The predicted octanol–water partition coefficient (Wildman–Crippen LogP) is 3.50. The van der Waals surface area contributed by atoms with Gasteiger partial charge in [0.15, 0.2) is 0 Å². The Balaban J connectivity index is 2.79. The standard InChI is InChI=1S/C15H25NO/c1-6-16-13(4)10-12(3)14-9-11(2)7-8-15(14)17-5/h7-9,12-13,16H,6,10H2,1-5H3. The van der Waals surface area contributed by atoms with E-state index >= 15 is 0 Å². The molecule has 0 spiro atoms. The summed E-state index contributed by atoms with van der Waals surface area (Å²) in [5.41, 5.74) is 2.61. The summed E-state index contributed by atoms with van der Waals surface area (Å²) in [6, 6.07) is 6.95. The molecule has 0 saturated carbocycles. The quantitative estimate of drug-likeness (QED) is 0.815. The van der Waals surface area contributed by atoms with Crippen LogP contribution in [0.4, 0.5) is 0 Å². The van der Waals surface area contributed by atoms with Crippen LogP contribution in [0, 0.1) is 6.92 Å². The van der Waals surface area contributed by atoms with Crippen LogP contribution in [-0.4, -0.2) is 19.7 Å². The summed E-state index contributed by atoms with van der Waals surface area (Å²) in [6.07, 6.45) is 1.13. The number of hydrogen-bond acceptors (Lipinski definition) is 2. The maximum Gasteiger partial charge on any atom is 0.122 e. The van der Waals surface area contributed by atoms with Crippen LogP contribution in [0.3, 0.4) is 0 Å². The Morgan fingerprint density at radius 3 is 2.59 bits per heavy atom. The van der Waals surface area contributed by atoms with Crippen molar-refractivity contribution in [3.05, 3.63) is 29.3 Å². The fourth-order valence-electron chi connectivity index (χ4n) is 2.33. The molecule has 1 rings (SSSR count). The fraction of sp³-hybridized carbons (Fsp3) is 0.600. The van der Waals surface area contributed by atoms with Gasteiger partial charge in [0.05, 0.1) is 7.11 Å². The van der Waals surface area contributed by atoms with Crippen LogP contribution >= 0.6 is 0 Å². The molecule has 2 unspecified atom stereocenters. The lowest BCUT2D eigenvalue weighted by atomic mass is 9.92. The van der Waals surface area contributed by atoms with Gasteiger partial charge < -0.3 is 10.1 Å². The summed E-state index contributed by atoms with van der Waals surface area (Å²) in [4.78, 5) is 0. The van der Waals surface area contributed by atoms with Gasteiger partial charge in [-0.2, -0.15) is 0 Å². The normalized spacial score (nSPS) is 14.4. The molecule has 0 saturated heterocycles. The smallest absolute Gasteiger partial charge is 0.122 e. The molecular formula is C15H25NO. The SMILES string of the molecule is CCNC(C)CC(C)c1cc(C)ccc1OC. The molecule has 0 bridgehead atoms. The topological polar surface area (TPSA) is 21.3 Å². The first-order chi connectivity index (χ1) is 8.08. The highest BCUT2D eigenvalue weighted by molar-refractivity contribution is 5.39. The minimum absolute atomic E-state index is 0.513. The predicted molar refractivity (Wildman–Crippen MR) is 73.9 cm³/mol. The Morgan fingerprint density at radius 2 is 2.00 bits per heavy atom. The third-order valence-electron chi connectivity index (χ3n) is 3.18. The minimum atomic E-state index is 0.513. The van der Waals surface area contributed by atoms with Gasteiger partial charge in [0.1, 0.15) is 5.75 Å². The molecule has 1 N–H and O–H groups in total. The molecule has 0 amide bonds. The third kappa shape index (κ3) is 4.04. The number of rotatable bonds is 6. The minimum Gasteiger partial charge on any atom is -0.496 e. The number of benzene rings is 1. The molecule has 1 aromatic rings.